The smallest absolute Gasteiger partial charge is 0.234 e. The van der Waals surface area contributed by atoms with Crippen LogP contribution in [0.2, 0.25) is 0 Å². The number of para-hydroxylation sites is 1. The fraction of sp³-hybridized carbons (Fsp3) is 0.455. The molecule has 1 aliphatic rings. The van der Waals surface area contributed by atoms with Crippen LogP contribution >= 0.6 is 0 Å². The summed E-state index contributed by atoms with van der Waals surface area (Å²) in [5, 5.41) is 3.10. The van der Waals surface area contributed by atoms with Crippen molar-refractivity contribution in [2.75, 3.05) is 17.0 Å². The van der Waals surface area contributed by atoms with Gasteiger partial charge in [-0.3, -0.25) is 4.72 Å². The highest BCUT2D eigenvalue weighted by Crippen LogP contribution is 2.16. The van der Waals surface area contributed by atoms with Crippen LogP contribution in [0.5, 0.6) is 0 Å². The second kappa shape index (κ2) is 5.01. The monoisotopic (exact) mass is 258 g/mol. The molecule has 94 valence electrons. The van der Waals surface area contributed by atoms with E-state index >= 15 is 0 Å². The van der Waals surface area contributed by atoms with Gasteiger partial charge in [0.2, 0.25) is 10.0 Å². The van der Waals surface area contributed by atoms with E-state index in [1.54, 1.807) is 6.07 Å². The second-order valence-electron chi connectivity index (χ2n) is 4.16. The molecule has 0 spiro atoms. The normalized spacial score (nSPS) is 20.4. The standard InChI is InChI=1S/C11H15FN2O2S/c12-10-5-1-2-6-11(10)14-17(15,16)8-9-4-3-7-13-9/h1-2,5-6,9,13-14H,3-4,7-8H2. The van der Waals surface area contributed by atoms with Gasteiger partial charge >= 0.3 is 0 Å². The molecular weight excluding hydrogens is 243 g/mol. The van der Waals surface area contributed by atoms with Crippen molar-refractivity contribution >= 4 is 15.7 Å². The van der Waals surface area contributed by atoms with Crippen LogP contribution in [0.15, 0.2) is 24.3 Å². The third-order valence-electron chi connectivity index (χ3n) is 2.72. The molecule has 0 amide bonds. The van der Waals surface area contributed by atoms with Gasteiger partial charge in [0.1, 0.15) is 5.82 Å². The first-order chi connectivity index (χ1) is 8.07. The summed E-state index contributed by atoms with van der Waals surface area (Å²) in [6.45, 7) is 0.847. The number of hydrogen-bond acceptors (Lipinski definition) is 3. The van der Waals surface area contributed by atoms with Crippen molar-refractivity contribution in [2.45, 2.75) is 18.9 Å². The van der Waals surface area contributed by atoms with E-state index in [1.807, 2.05) is 0 Å². The van der Waals surface area contributed by atoms with Crippen molar-refractivity contribution in [3.63, 3.8) is 0 Å². The Bertz CT molecular complexity index is 484. The summed E-state index contributed by atoms with van der Waals surface area (Å²) in [6, 6.07) is 5.72. The van der Waals surface area contributed by atoms with Crippen LogP contribution in [0.4, 0.5) is 10.1 Å². The Kier molecular flexibility index (Phi) is 3.63. The van der Waals surface area contributed by atoms with Crippen molar-refractivity contribution in [1.29, 1.82) is 0 Å². The molecule has 6 heteroatoms. The van der Waals surface area contributed by atoms with Gasteiger partial charge in [-0.15, -0.1) is 0 Å². The van der Waals surface area contributed by atoms with Gasteiger partial charge in [-0.2, -0.15) is 0 Å². The maximum Gasteiger partial charge on any atom is 0.234 e. The van der Waals surface area contributed by atoms with Gasteiger partial charge in [0, 0.05) is 6.04 Å². The molecule has 2 rings (SSSR count). The first-order valence-electron chi connectivity index (χ1n) is 5.55. The zero-order chi connectivity index (χ0) is 12.3. The molecule has 1 aliphatic heterocycles. The molecule has 2 N–H and O–H groups in total. The molecule has 0 radical (unpaired) electrons. The predicted molar refractivity (Wildman–Crippen MR) is 64.8 cm³/mol. The molecule has 4 nitrogen and oxygen atoms in total. The minimum Gasteiger partial charge on any atom is -0.313 e. The third-order valence-corrected chi connectivity index (χ3v) is 4.09. The van der Waals surface area contributed by atoms with Crippen molar-refractivity contribution in [3.8, 4) is 0 Å². The Morgan fingerprint density at radius 1 is 1.41 bits per heavy atom. The molecule has 17 heavy (non-hydrogen) atoms. The summed E-state index contributed by atoms with van der Waals surface area (Å²) in [4.78, 5) is 0. The highest BCUT2D eigenvalue weighted by atomic mass is 32.2. The third kappa shape index (κ3) is 3.41. The molecule has 1 aromatic carbocycles. The molecular formula is C11H15FN2O2S. The van der Waals surface area contributed by atoms with E-state index in [-0.39, 0.29) is 17.5 Å². The van der Waals surface area contributed by atoms with Gasteiger partial charge in [-0.05, 0) is 31.5 Å². The lowest BCUT2D eigenvalue weighted by atomic mass is 10.3. The minimum atomic E-state index is -3.49. The van der Waals surface area contributed by atoms with Gasteiger partial charge in [-0.25, -0.2) is 12.8 Å². The van der Waals surface area contributed by atoms with Crippen LogP contribution in [0.1, 0.15) is 12.8 Å². The Balaban J connectivity index is 2.04. The van der Waals surface area contributed by atoms with Crippen molar-refractivity contribution in [1.82, 2.24) is 5.32 Å². The van der Waals surface area contributed by atoms with Crippen molar-refractivity contribution in [2.24, 2.45) is 0 Å². The van der Waals surface area contributed by atoms with E-state index in [0.29, 0.717) is 0 Å². The average Bonchev–Trinajstić information content (AvgIpc) is 2.73. The van der Waals surface area contributed by atoms with E-state index in [9.17, 15) is 12.8 Å². The summed E-state index contributed by atoms with van der Waals surface area (Å²) in [6.07, 6.45) is 1.83. The first-order valence-corrected chi connectivity index (χ1v) is 7.20. The number of nitrogens with one attached hydrogen (secondary N) is 2. The lowest BCUT2D eigenvalue weighted by Crippen LogP contribution is -2.33. The van der Waals surface area contributed by atoms with Crippen LogP contribution in [-0.2, 0) is 10.0 Å². The maximum absolute atomic E-state index is 13.3. The quantitative estimate of drug-likeness (QED) is 0.856. The van der Waals surface area contributed by atoms with Gasteiger partial charge in [-0.1, -0.05) is 12.1 Å². The number of anilines is 1. The number of rotatable bonds is 4. The van der Waals surface area contributed by atoms with Crippen LogP contribution < -0.4 is 10.0 Å². The highest BCUT2D eigenvalue weighted by molar-refractivity contribution is 7.92. The highest BCUT2D eigenvalue weighted by Gasteiger charge is 2.22. The zero-order valence-electron chi connectivity index (χ0n) is 9.32. The zero-order valence-corrected chi connectivity index (χ0v) is 10.1. The van der Waals surface area contributed by atoms with Crippen molar-refractivity contribution < 1.29 is 12.8 Å². The van der Waals surface area contributed by atoms with Crippen LogP contribution in [0, 0.1) is 5.82 Å². The molecule has 1 saturated heterocycles. The van der Waals surface area contributed by atoms with Crippen LogP contribution in [-0.4, -0.2) is 26.8 Å². The van der Waals surface area contributed by atoms with E-state index in [2.05, 4.69) is 10.0 Å². The van der Waals surface area contributed by atoms with E-state index in [4.69, 9.17) is 0 Å². The summed E-state index contributed by atoms with van der Waals surface area (Å²) in [7, 11) is -3.49. The molecule has 1 unspecified atom stereocenters. The molecule has 0 aliphatic carbocycles. The van der Waals surface area contributed by atoms with Gasteiger partial charge in [0.15, 0.2) is 0 Å². The van der Waals surface area contributed by atoms with E-state index in [0.717, 1.165) is 19.4 Å². The Hall–Kier alpha value is -1.14. The summed E-state index contributed by atoms with van der Waals surface area (Å²) in [5.41, 5.74) is 0.00509. The Labute approximate surface area is 100 Å². The topological polar surface area (TPSA) is 58.2 Å². The molecule has 0 aromatic heterocycles. The van der Waals surface area contributed by atoms with Gasteiger partial charge < -0.3 is 5.32 Å². The summed E-state index contributed by atoms with van der Waals surface area (Å²) < 4.78 is 39.1. The molecule has 1 fully saturated rings. The van der Waals surface area contributed by atoms with E-state index in [1.165, 1.54) is 18.2 Å². The average molecular weight is 258 g/mol. The molecule has 0 saturated carbocycles. The van der Waals surface area contributed by atoms with Crippen LogP contribution in [0.3, 0.4) is 0 Å². The number of hydrogen-bond donors (Lipinski definition) is 2. The predicted octanol–water partition coefficient (Wildman–Crippen LogP) is 1.32. The fourth-order valence-corrected chi connectivity index (χ4v) is 3.32. The Morgan fingerprint density at radius 2 is 2.18 bits per heavy atom. The van der Waals surface area contributed by atoms with Crippen LogP contribution in [0.25, 0.3) is 0 Å². The lowest BCUT2D eigenvalue weighted by molar-refractivity contribution is 0.580. The minimum absolute atomic E-state index is 0.00509. The van der Waals surface area contributed by atoms with Gasteiger partial charge in [0.05, 0.1) is 11.4 Å². The number of halogens is 1. The van der Waals surface area contributed by atoms with Crippen molar-refractivity contribution in [3.05, 3.63) is 30.1 Å². The molecule has 1 aromatic rings. The Morgan fingerprint density at radius 3 is 2.82 bits per heavy atom. The van der Waals surface area contributed by atoms with Gasteiger partial charge in [0.25, 0.3) is 0 Å². The summed E-state index contributed by atoms with van der Waals surface area (Å²) >= 11 is 0. The number of sulfonamides is 1. The second-order valence-corrected chi connectivity index (χ2v) is 5.92. The fourth-order valence-electron chi connectivity index (χ4n) is 1.92. The molecule has 1 atom stereocenters. The molecule has 1 heterocycles. The first kappa shape index (κ1) is 12.3. The largest absolute Gasteiger partial charge is 0.313 e. The SMILES string of the molecule is O=S(=O)(CC1CCCN1)Nc1ccccc1F. The lowest BCUT2D eigenvalue weighted by Gasteiger charge is -2.12. The molecule has 0 bridgehead atoms. The van der Waals surface area contributed by atoms with E-state index < -0.39 is 15.8 Å². The number of benzene rings is 1. The maximum atomic E-state index is 13.3. The summed E-state index contributed by atoms with van der Waals surface area (Å²) in [5.74, 6) is -0.572.